The van der Waals surface area contributed by atoms with Crippen LogP contribution in [-0.4, -0.2) is 23.1 Å². The van der Waals surface area contributed by atoms with Crippen molar-refractivity contribution in [3.8, 4) is 0 Å². The largest absolute Gasteiger partial charge is 0.449 e. The van der Waals surface area contributed by atoms with Crippen LogP contribution in [0.2, 0.25) is 0 Å². The molecule has 0 bridgehead atoms. The number of carbonyl (C=O) groups excluding carboxylic acids is 2. The minimum absolute atomic E-state index is 0.0973. The van der Waals surface area contributed by atoms with Crippen molar-refractivity contribution >= 4 is 28.3 Å². The number of nitrogens with one attached hydrogen (secondary N) is 1. The zero-order chi connectivity index (χ0) is 18.5. The lowest BCUT2D eigenvalue weighted by atomic mass is 10.1. The Bertz CT molecular complexity index is 934. The van der Waals surface area contributed by atoms with Gasteiger partial charge in [0, 0.05) is 5.69 Å². The second kappa shape index (κ2) is 7.80. The van der Waals surface area contributed by atoms with Gasteiger partial charge in [0.1, 0.15) is 0 Å². The van der Waals surface area contributed by atoms with E-state index in [1.165, 1.54) is 6.92 Å². The van der Waals surface area contributed by atoms with Crippen LogP contribution in [0.15, 0.2) is 66.7 Å². The van der Waals surface area contributed by atoms with Crippen molar-refractivity contribution in [3.63, 3.8) is 0 Å². The van der Waals surface area contributed by atoms with Gasteiger partial charge < -0.3 is 15.2 Å². The minimum Gasteiger partial charge on any atom is -0.449 e. The maximum Gasteiger partial charge on any atom is 0.338 e. The summed E-state index contributed by atoms with van der Waals surface area (Å²) in [5, 5.41) is 13.9. The Hall–Kier alpha value is -3.18. The van der Waals surface area contributed by atoms with Gasteiger partial charge in [0.15, 0.2) is 6.10 Å². The van der Waals surface area contributed by atoms with Crippen LogP contribution in [0, 0.1) is 0 Å². The van der Waals surface area contributed by atoms with E-state index in [0.29, 0.717) is 16.8 Å². The molecule has 132 valence electrons. The van der Waals surface area contributed by atoms with Gasteiger partial charge in [-0.2, -0.15) is 0 Å². The molecule has 0 spiro atoms. The molecule has 1 amide bonds. The molecule has 3 rings (SSSR count). The van der Waals surface area contributed by atoms with E-state index in [9.17, 15) is 9.59 Å². The first kappa shape index (κ1) is 17.6. The lowest BCUT2D eigenvalue weighted by molar-refractivity contribution is -0.123. The van der Waals surface area contributed by atoms with Crippen LogP contribution in [0.5, 0.6) is 0 Å². The molecule has 0 unspecified atom stereocenters. The van der Waals surface area contributed by atoms with Crippen LogP contribution in [0.4, 0.5) is 5.69 Å². The highest BCUT2D eigenvalue weighted by Crippen LogP contribution is 2.19. The van der Waals surface area contributed by atoms with E-state index in [0.717, 1.165) is 10.8 Å². The van der Waals surface area contributed by atoms with Gasteiger partial charge in [0.05, 0.1) is 12.2 Å². The van der Waals surface area contributed by atoms with E-state index in [-0.39, 0.29) is 6.61 Å². The molecule has 0 fully saturated rings. The molecule has 5 nitrogen and oxygen atoms in total. The first-order valence-electron chi connectivity index (χ1n) is 8.27. The molecule has 3 aromatic carbocycles. The van der Waals surface area contributed by atoms with Crippen molar-refractivity contribution in [2.75, 3.05) is 5.32 Å². The predicted octanol–water partition coefficient (Wildman–Crippen LogP) is 3.52. The molecule has 1 atom stereocenters. The fraction of sp³-hybridized carbons (Fsp3) is 0.143. The summed E-state index contributed by atoms with van der Waals surface area (Å²) in [5.74, 6) is -0.990. The van der Waals surface area contributed by atoms with Crippen LogP contribution in [0.25, 0.3) is 10.8 Å². The van der Waals surface area contributed by atoms with Crippen molar-refractivity contribution in [2.45, 2.75) is 19.6 Å². The Morgan fingerprint density at radius 2 is 1.69 bits per heavy atom. The Balaban J connectivity index is 1.63. The van der Waals surface area contributed by atoms with E-state index < -0.39 is 18.0 Å². The molecular weight excluding hydrogens is 330 g/mol. The maximum absolute atomic E-state index is 12.3. The maximum atomic E-state index is 12.3. The van der Waals surface area contributed by atoms with E-state index >= 15 is 0 Å². The van der Waals surface area contributed by atoms with Crippen molar-refractivity contribution in [1.29, 1.82) is 0 Å². The topological polar surface area (TPSA) is 75.6 Å². The second-order valence-electron chi connectivity index (χ2n) is 5.95. The lowest BCUT2D eigenvalue weighted by Crippen LogP contribution is -2.30. The molecule has 0 saturated carbocycles. The zero-order valence-electron chi connectivity index (χ0n) is 14.3. The molecular formula is C21H19NO4. The van der Waals surface area contributed by atoms with Gasteiger partial charge in [0.25, 0.3) is 5.91 Å². The fourth-order valence-corrected chi connectivity index (χ4v) is 2.54. The third-order valence-electron chi connectivity index (χ3n) is 4.04. The summed E-state index contributed by atoms with van der Waals surface area (Å²) in [5.41, 5.74) is 1.67. The van der Waals surface area contributed by atoms with Gasteiger partial charge in [-0.3, -0.25) is 4.79 Å². The summed E-state index contributed by atoms with van der Waals surface area (Å²) in [7, 11) is 0. The number of hydrogen-bond donors (Lipinski definition) is 2. The van der Waals surface area contributed by atoms with E-state index in [4.69, 9.17) is 9.84 Å². The molecule has 0 aromatic heterocycles. The molecule has 2 N–H and O–H groups in total. The van der Waals surface area contributed by atoms with Crippen molar-refractivity contribution in [2.24, 2.45) is 0 Å². The number of rotatable bonds is 5. The molecule has 0 aliphatic heterocycles. The summed E-state index contributed by atoms with van der Waals surface area (Å²) < 4.78 is 5.22. The summed E-state index contributed by atoms with van der Waals surface area (Å²) in [6.45, 7) is 1.43. The van der Waals surface area contributed by atoms with Crippen molar-refractivity contribution in [1.82, 2.24) is 0 Å². The summed E-state index contributed by atoms with van der Waals surface area (Å²) >= 11 is 0. The summed E-state index contributed by atoms with van der Waals surface area (Å²) in [6, 6.07) is 19.8. The normalized spacial score (nSPS) is 11.8. The van der Waals surface area contributed by atoms with Crippen LogP contribution in [0.1, 0.15) is 22.8 Å². The molecule has 3 aromatic rings. The summed E-state index contributed by atoms with van der Waals surface area (Å²) in [6.07, 6.45) is -0.938. The molecule has 0 saturated heterocycles. The number of hydrogen-bond acceptors (Lipinski definition) is 4. The number of esters is 1. The number of aliphatic hydroxyl groups excluding tert-OH is 1. The van der Waals surface area contributed by atoms with Gasteiger partial charge in [-0.15, -0.1) is 0 Å². The number of ether oxygens (including phenoxy) is 1. The van der Waals surface area contributed by atoms with Gasteiger partial charge in [-0.25, -0.2) is 4.79 Å². The first-order chi connectivity index (χ1) is 12.6. The van der Waals surface area contributed by atoms with E-state index in [1.807, 2.05) is 42.5 Å². The molecule has 5 heteroatoms. The Kier molecular flexibility index (Phi) is 5.29. The van der Waals surface area contributed by atoms with Crippen LogP contribution in [0.3, 0.4) is 0 Å². The van der Waals surface area contributed by atoms with Crippen LogP contribution in [-0.2, 0) is 16.1 Å². The van der Waals surface area contributed by atoms with Gasteiger partial charge in [-0.1, -0.05) is 42.5 Å². The van der Waals surface area contributed by atoms with Crippen LogP contribution < -0.4 is 5.32 Å². The number of amides is 1. The quantitative estimate of drug-likeness (QED) is 0.691. The van der Waals surface area contributed by atoms with Gasteiger partial charge in [-0.05, 0) is 47.5 Å². The first-order valence-corrected chi connectivity index (χ1v) is 8.27. The third kappa shape index (κ3) is 4.07. The molecule has 26 heavy (non-hydrogen) atoms. The Morgan fingerprint density at radius 3 is 2.38 bits per heavy atom. The highest BCUT2D eigenvalue weighted by Gasteiger charge is 2.19. The second-order valence-corrected chi connectivity index (χ2v) is 5.95. The minimum atomic E-state index is -0.938. The summed E-state index contributed by atoms with van der Waals surface area (Å²) in [4.78, 5) is 24.4. The van der Waals surface area contributed by atoms with Gasteiger partial charge >= 0.3 is 5.97 Å². The highest BCUT2D eigenvalue weighted by molar-refractivity contribution is 5.98. The number of fused-ring (bicyclic) bond motifs is 1. The smallest absolute Gasteiger partial charge is 0.338 e. The third-order valence-corrected chi connectivity index (χ3v) is 4.04. The standard InChI is InChI=1S/C21H19NO4/c1-14(26-21(25)17-8-6-15(13-23)7-9-17)20(24)22-19-11-10-16-4-2-3-5-18(16)12-19/h2-12,14,23H,13H2,1H3,(H,22,24)/t14-/m0/s1. The lowest BCUT2D eigenvalue weighted by Gasteiger charge is -2.14. The van der Waals surface area contributed by atoms with Gasteiger partial charge in [0.2, 0.25) is 0 Å². The predicted molar refractivity (Wildman–Crippen MR) is 99.8 cm³/mol. The zero-order valence-corrected chi connectivity index (χ0v) is 14.3. The SMILES string of the molecule is C[C@H](OC(=O)c1ccc(CO)cc1)C(=O)Nc1ccc2ccccc2c1. The molecule has 0 aliphatic carbocycles. The fourth-order valence-electron chi connectivity index (χ4n) is 2.54. The van der Waals surface area contributed by atoms with Crippen LogP contribution >= 0.6 is 0 Å². The van der Waals surface area contributed by atoms with E-state index in [2.05, 4.69) is 5.32 Å². The highest BCUT2D eigenvalue weighted by atomic mass is 16.5. The Labute approximate surface area is 151 Å². The monoisotopic (exact) mass is 349 g/mol. The molecule has 0 heterocycles. The Morgan fingerprint density at radius 1 is 1.00 bits per heavy atom. The molecule has 0 aliphatic rings. The van der Waals surface area contributed by atoms with Crippen molar-refractivity contribution in [3.05, 3.63) is 77.9 Å². The van der Waals surface area contributed by atoms with E-state index in [1.54, 1.807) is 24.3 Å². The number of aliphatic hydroxyl groups is 1. The number of benzene rings is 3. The van der Waals surface area contributed by atoms with Crippen molar-refractivity contribution < 1.29 is 19.4 Å². The number of carbonyl (C=O) groups is 2. The number of anilines is 1. The molecule has 0 radical (unpaired) electrons. The average molecular weight is 349 g/mol. The average Bonchev–Trinajstić information content (AvgIpc) is 2.67.